The molecule has 2 rings (SSSR count). The van der Waals surface area contributed by atoms with Crippen molar-refractivity contribution >= 4 is 11.8 Å². The second kappa shape index (κ2) is 5.33. The van der Waals surface area contributed by atoms with Gasteiger partial charge in [0, 0.05) is 24.7 Å². The highest BCUT2D eigenvalue weighted by Crippen LogP contribution is 2.30. The molecular weight excluding hydrogens is 237 g/mol. The van der Waals surface area contributed by atoms with E-state index in [1.54, 1.807) is 34.8 Å². The van der Waals surface area contributed by atoms with E-state index in [0.29, 0.717) is 6.54 Å². The quantitative estimate of drug-likeness (QED) is 0.905. The molecule has 0 aliphatic heterocycles. The molecule has 0 bridgehead atoms. The second-order valence-electron chi connectivity index (χ2n) is 3.73. The number of aromatic nitrogens is 2. The lowest BCUT2D eigenvalue weighted by Gasteiger charge is -2.07. The predicted octanol–water partition coefficient (Wildman–Crippen LogP) is 2.43. The minimum Gasteiger partial charge on any atom is -0.316 e. The maximum atomic E-state index is 13.2. The van der Waals surface area contributed by atoms with Gasteiger partial charge in [0.25, 0.3) is 0 Å². The van der Waals surface area contributed by atoms with E-state index in [2.05, 4.69) is 10.4 Å². The monoisotopic (exact) mass is 251 g/mol. The number of rotatable bonds is 4. The Morgan fingerprint density at radius 3 is 2.94 bits per heavy atom. The SMILES string of the molecule is CNCc1cc(F)ccc1Sc1cnn(C)c1. The van der Waals surface area contributed by atoms with Gasteiger partial charge < -0.3 is 5.32 Å². The van der Waals surface area contributed by atoms with Crippen molar-refractivity contribution in [1.82, 2.24) is 15.1 Å². The molecule has 2 aromatic rings. The molecule has 0 radical (unpaired) electrons. The highest BCUT2D eigenvalue weighted by atomic mass is 32.2. The van der Waals surface area contributed by atoms with Crippen LogP contribution >= 0.6 is 11.8 Å². The third-order valence-electron chi connectivity index (χ3n) is 2.30. The zero-order valence-corrected chi connectivity index (χ0v) is 10.6. The van der Waals surface area contributed by atoms with Crippen LogP contribution in [0.1, 0.15) is 5.56 Å². The van der Waals surface area contributed by atoms with E-state index in [9.17, 15) is 4.39 Å². The summed E-state index contributed by atoms with van der Waals surface area (Å²) in [6, 6.07) is 4.85. The molecule has 0 fully saturated rings. The van der Waals surface area contributed by atoms with Crippen LogP contribution in [-0.2, 0) is 13.6 Å². The summed E-state index contributed by atoms with van der Waals surface area (Å²) in [6.07, 6.45) is 3.74. The molecule has 1 aromatic carbocycles. The number of halogens is 1. The number of hydrogen-bond donors (Lipinski definition) is 1. The molecule has 3 nitrogen and oxygen atoms in total. The van der Waals surface area contributed by atoms with Crippen LogP contribution in [0.2, 0.25) is 0 Å². The second-order valence-corrected chi connectivity index (χ2v) is 4.85. The van der Waals surface area contributed by atoms with Crippen LogP contribution in [0.15, 0.2) is 40.4 Å². The molecule has 0 amide bonds. The topological polar surface area (TPSA) is 29.9 Å². The molecule has 90 valence electrons. The summed E-state index contributed by atoms with van der Waals surface area (Å²) in [6.45, 7) is 0.653. The fourth-order valence-corrected chi connectivity index (χ4v) is 2.51. The molecule has 0 aliphatic rings. The molecule has 1 aromatic heterocycles. The van der Waals surface area contributed by atoms with E-state index in [1.807, 2.05) is 20.3 Å². The zero-order valence-electron chi connectivity index (χ0n) is 9.77. The van der Waals surface area contributed by atoms with Crippen LogP contribution in [0.25, 0.3) is 0 Å². The standard InChI is InChI=1S/C12H14FN3S/c1-14-6-9-5-10(13)3-4-12(9)17-11-7-15-16(2)8-11/h3-5,7-8,14H,6H2,1-2H3. The van der Waals surface area contributed by atoms with E-state index >= 15 is 0 Å². The Morgan fingerprint density at radius 1 is 1.47 bits per heavy atom. The molecule has 0 spiro atoms. The van der Waals surface area contributed by atoms with E-state index in [4.69, 9.17) is 0 Å². The van der Waals surface area contributed by atoms with Crippen molar-refractivity contribution < 1.29 is 4.39 Å². The zero-order chi connectivity index (χ0) is 12.3. The van der Waals surface area contributed by atoms with Gasteiger partial charge in [-0.2, -0.15) is 5.10 Å². The molecule has 0 unspecified atom stereocenters. The lowest BCUT2D eigenvalue weighted by atomic mass is 10.2. The molecule has 5 heteroatoms. The summed E-state index contributed by atoms with van der Waals surface area (Å²) in [5, 5.41) is 7.15. The van der Waals surface area contributed by atoms with Crippen molar-refractivity contribution in [3.05, 3.63) is 42.0 Å². The summed E-state index contributed by atoms with van der Waals surface area (Å²) in [5.41, 5.74) is 0.960. The van der Waals surface area contributed by atoms with Crippen molar-refractivity contribution in [1.29, 1.82) is 0 Å². The van der Waals surface area contributed by atoms with Gasteiger partial charge in [-0.25, -0.2) is 4.39 Å². The maximum Gasteiger partial charge on any atom is 0.123 e. The Kier molecular flexibility index (Phi) is 3.81. The third-order valence-corrected chi connectivity index (χ3v) is 3.36. The summed E-state index contributed by atoms with van der Waals surface area (Å²) in [4.78, 5) is 2.10. The number of benzene rings is 1. The summed E-state index contributed by atoms with van der Waals surface area (Å²) < 4.78 is 14.9. The van der Waals surface area contributed by atoms with Gasteiger partial charge in [-0.05, 0) is 30.8 Å². The number of nitrogens with zero attached hydrogens (tertiary/aromatic N) is 2. The van der Waals surface area contributed by atoms with E-state index < -0.39 is 0 Å². The molecule has 0 saturated carbocycles. The van der Waals surface area contributed by atoms with Gasteiger partial charge in [0.1, 0.15) is 5.82 Å². The van der Waals surface area contributed by atoms with E-state index in [-0.39, 0.29) is 5.82 Å². The van der Waals surface area contributed by atoms with Crippen molar-refractivity contribution in [3.8, 4) is 0 Å². The first kappa shape index (κ1) is 12.1. The smallest absolute Gasteiger partial charge is 0.123 e. The van der Waals surface area contributed by atoms with Gasteiger partial charge in [-0.3, -0.25) is 4.68 Å². The number of nitrogens with one attached hydrogen (secondary N) is 1. The molecule has 0 aliphatic carbocycles. The van der Waals surface area contributed by atoms with Crippen LogP contribution in [0.3, 0.4) is 0 Å². The normalized spacial score (nSPS) is 10.8. The first-order chi connectivity index (χ1) is 8.19. The molecule has 1 N–H and O–H groups in total. The Hall–Kier alpha value is -1.33. The Balaban J connectivity index is 2.25. The lowest BCUT2D eigenvalue weighted by molar-refractivity contribution is 0.621. The Bertz CT molecular complexity index is 510. The fraction of sp³-hybridized carbons (Fsp3) is 0.250. The predicted molar refractivity (Wildman–Crippen MR) is 66.5 cm³/mol. The Labute approximate surface area is 104 Å². The largest absolute Gasteiger partial charge is 0.316 e. The van der Waals surface area contributed by atoms with E-state index in [0.717, 1.165) is 15.4 Å². The van der Waals surface area contributed by atoms with Gasteiger partial charge in [0.2, 0.25) is 0 Å². The van der Waals surface area contributed by atoms with Gasteiger partial charge in [-0.15, -0.1) is 0 Å². The van der Waals surface area contributed by atoms with Gasteiger partial charge in [0.05, 0.1) is 11.1 Å². The first-order valence-corrected chi connectivity index (χ1v) is 6.10. The average molecular weight is 251 g/mol. The van der Waals surface area contributed by atoms with Crippen molar-refractivity contribution in [3.63, 3.8) is 0 Å². The Morgan fingerprint density at radius 2 is 2.29 bits per heavy atom. The van der Waals surface area contributed by atoms with Crippen LogP contribution in [0.5, 0.6) is 0 Å². The molecule has 1 heterocycles. The molecule has 0 saturated heterocycles. The summed E-state index contributed by atoms with van der Waals surface area (Å²) in [5.74, 6) is -0.203. The maximum absolute atomic E-state index is 13.2. The summed E-state index contributed by atoms with van der Waals surface area (Å²) in [7, 11) is 3.73. The minimum absolute atomic E-state index is 0.203. The average Bonchev–Trinajstić information content (AvgIpc) is 2.69. The lowest BCUT2D eigenvalue weighted by Crippen LogP contribution is -2.06. The first-order valence-electron chi connectivity index (χ1n) is 5.28. The van der Waals surface area contributed by atoms with Crippen LogP contribution < -0.4 is 5.32 Å². The van der Waals surface area contributed by atoms with Gasteiger partial charge in [-0.1, -0.05) is 11.8 Å². The van der Waals surface area contributed by atoms with Gasteiger partial charge in [0.15, 0.2) is 0 Å². The van der Waals surface area contributed by atoms with Crippen molar-refractivity contribution in [2.75, 3.05) is 7.05 Å². The van der Waals surface area contributed by atoms with E-state index in [1.165, 1.54) is 6.07 Å². The van der Waals surface area contributed by atoms with Crippen LogP contribution in [0, 0.1) is 5.82 Å². The number of hydrogen-bond acceptors (Lipinski definition) is 3. The minimum atomic E-state index is -0.203. The third kappa shape index (κ3) is 3.08. The van der Waals surface area contributed by atoms with Gasteiger partial charge >= 0.3 is 0 Å². The van der Waals surface area contributed by atoms with Crippen molar-refractivity contribution in [2.24, 2.45) is 7.05 Å². The molecule has 17 heavy (non-hydrogen) atoms. The van der Waals surface area contributed by atoms with Crippen LogP contribution in [0.4, 0.5) is 4.39 Å². The highest BCUT2D eigenvalue weighted by molar-refractivity contribution is 7.99. The van der Waals surface area contributed by atoms with Crippen LogP contribution in [-0.4, -0.2) is 16.8 Å². The number of aryl methyl sites for hydroxylation is 1. The highest BCUT2D eigenvalue weighted by Gasteiger charge is 2.06. The fourth-order valence-electron chi connectivity index (χ4n) is 1.55. The molecule has 0 atom stereocenters. The van der Waals surface area contributed by atoms with Crippen molar-refractivity contribution in [2.45, 2.75) is 16.3 Å². The summed E-state index contributed by atoms with van der Waals surface area (Å²) >= 11 is 1.59. The molecular formula is C12H14FN3S.